The second-order valence-electron chi connectivity index (χ2n) is 10.3. The molecule has 0 bridgehead atoms. The van der Waals surface area contributed by atoms with Gasteiger partial charge in [0.2, 0.25) is 5.91 Å². The molecular formula is C29H38NO8PS. The minimum Gasteiger partial charge on any atom is -0.489 e. The molecule has 0 saturated carbocycles. The van der Waals surface area contributed by atoms with E-state index in [4.69, 9.17) is 23.3 Å². The Labute approximate surface area is 240 Å². The van der Waals surface area contributed by atoms with Crippen LogP contribution in [-0.2, 0) is 31.2 Å². The summed E-state index contributed by atoms with van der Waals surface area (Å²) in [5.74, 6) is 2.00. The number of amides is 2. The first-order valence-electron chi connectivity index (χ1n) is 13.5. The fraction of sp³-hybridized carbons (Fsp3) is 0.517. The Morgan fingerprint density at radius 1 is 1.02 bits per heavy atom. The summed E-state index contributed by atoms with van der Waals surface area (Å²) >= 11 is 1.03. The molecule has 9 nitrogen and oxygen atoms in total. The molecule has 2 aliphatic rings. The number of carbonyl (C=O) groups is 2. The number of imide groups is 1. The highest BCUT2D eigenvalue weighted by molar-refractivity contribution is 8.15. The van der Waals surface area contributed by atoms with Crippen molar-refractivity contribution in [1.29, 1.82) is 0 Å². The van der Waals surface area contributed by atoms with Crippen molar-refractivity contribution in [3.63, 3.8) is 0 Å². The SMILES string of the molecule is CCOP(=O)(COc1c(C)c(C)c2c(c1C)CCC(C)(COc1ccc(CC3SC(=O)NC3=O)cc1)O2)OCC. The standard InChI is InChI=1S/C29H38NO8PS/c1-7-36-39(33,37-8-2)17-35-25-18(3)19(4)26-23(20(25)5)13-14-29(6,38-26)16-34-22-11-9-21(10-12-22)15-24-27(31)30-28(32)40-24/h9-12,24H,7-8,13-17H2,1-6H3,(H,30,31,32). The summed E-state index contributed by atoms with van der Waals surface area (Å²) in [6.07, 6.45) is 1.87. The van der Waals surface area contributed by atoms with Crippen LogP contribution in [0.25, 0.3) is 0 Å². The number of hydrogen-bond donors (Lipinski definition) is 1. The van der Waals surface area contributed by atoms with Gasteiger partial charge in [0.25, 0.3) is 5.24 Å². The van der Waals surface area contributed by atoms with Crippen molar-refractivity contribution in [2.24, 2.45) is 0 Å². The highest BCUT2D eigenvalue weighted by atomic mass is 32.2. The Bertz CT molecular complexity index is 1300. The van der Waals surface area contributed by atoms with Gasteiger partial charge in [-0.1, -0.05) is 23.9 Å². The van der Waals surface area contributed by atoms with Gasteiger partial charge >= 0.3 is 7.60 Å². The van der Waals surface area contributed by atoms with E-state index in [0.29, 0.717) is 24.5 Å². The van der Waals surface area contributed by atoms with E-state index in [1.54, 1.807) is 13.8 Å². The van der Waals surface area contributed by atoms with Crippen molar-refractivity contribution in [2.45, 2.75) is 71.7 Å². The molecule has 2 amide bonds. The summed E-state index contributed by atoms with van der Waals surface area (Å²) in [6, 6.07) is 7.59. The molecule has 0 aromatic heterocycles. The van der Waals surface area contributed by atoms with E-state index in [0.717, 1.165) is 58.2 Å². The van der Waals surface area contributed by atoms with Crippen LogP contribution < -0.4 is 19.5 Å². The van der Waals surface area contributed by atoms with Gasteiger partial charge in [-0.2, -0.15) is 0 Å². The molecule has 218 valence electrons. The predicted octanol–water partition coefficient (Wildman–Crippen LogP) is 6.27. The molecule has 1 N–H and O–H groups in total. The first-order chi connectivity index (χ1) is 19.0. The first kappa shape index (κ1) is 30.4. The van der Waals surface area contributed by atoms with Gasteiger partial charge in [0.05, 0.1) is 18.5 Å². The molecule has 2 unspecified atom stereocenters. The third kappa shape index (κ3) is 6.85. The highest BCUT2D eigenvalue weighted by Crippen LogP contribution is 2.50. The smallest absolute Gasteiger partial charge is 0.367 e. The van der Waals surface area contributed by atoms with E-state index in [-0.39, 0.29) is 30.7 Å². The molecule has 0 radical (unpaired) electrons. The van der Waals surface area contributed by atoms with Crippen molar-refractivity contribution in [3.8, 4) is 17.2 Å². The lowest BCUT2D eigenvalue weighted by Gasteiger charge is -2.38. The predicted molar refractivity (Wildman–Crippen MR) is 155 cm³/mol. The van der Waals surface area contributed by atoms with Crippen molar-refractivity contribution < 1.29 is 37.4 Å². The lowest BCUT2D eigenvalue weighted by atomic mass is 9.87. The van der Waals surface area contributed by atoms with Crippen LogP contribution in [0.15, 0.2) is 24.3 Å². The van der Waals surface area contributed by atoms with Crippen LogP contribution in [0, 0.1) is 20.8 Å². The maximum absolute atomic E-state index is 12.9. The van der Waals surface area contributed by atoms with Gasteiger partial charge in [-0.3, -0.25) is 19.5 Å². The molecule has 0 aliphatic carbocycles. The molecule has 2 aromatic carbocycles. The maximum Gasteiger partial charge on any atom is 0.367 e. The Balaban J connectivity index is 1.41. The van der Waals surface area contributed by atoms with Gasteiger partial charge in [-0.25, -0.2) is 0 Å². The second kappa shape index (κ2) is 12.6. The summed E-state index contributed by atoms with van der Waals surface area (Å²) in [6.45, 7) is 12.5. The van der Waals surface area contributed by atoms with E-state index >= 15 is 0 Å². The Kier molecular flexibility index (Phi) is 9.55. The van der Waals surface area contributed by atoms with Gasteiger partial charge in [0.1, 0.15) is 29.5 Å². The molecule has 4 rings (SSSR count). The van der Waals surface area contributed by atoms with E-state index < -0.39 is 18.4 Å². The third-order valence-electron chi connectivity index (χ3n) is 7.24. The number of benzene rings is 2. The van der Waals surface area contributed by atoms with Crippen LogP contribution in [0.2, 0.25) is 0 Å². The molecule has 2 heterocycles. The topological polar surface area (TPSA) is 109 Å². The second-order valence-corrected chi connectivity index (χ2v) is 13.5. The van der Waals surface area contributed by atoms with Gasteiger partial charge in [0, 0.05) is 5.56 Å². The fourth-order valence-electron chi connectivity index (χ4n) is 4.95. The normalized spacial score (nSPS) is 20.6. The lowest BCUT2D eigenvalue weighted by Crippen LogP contribution is -2.42. The third-order valence-corrected chi connectivity index (χ3v) is 9.97. The number of fused-ring (bicyclic) bond motifs is 1. The number of hydrogen-bond acceptors (Lipinski definition) is 9. The van der Waals surface area contributed by atoms with E-state index in [9.17, 15) is 14.2 Å². The molecule has 11 heteroatoms. The minimum atomic E-state index is -3.35. The van der Waals surface area contributed by atoms with Crippen LogP contribution in [0.4, 0.5) is 4.79 Å². The van der Waals surface area contributed by atoms with Crippen molar-refractivity contribution in [3.05, 3.63) is 52.1 Å². The fourth-order valence-corrected chi connectivity index (χ4v) is 7.11. The highest BCUT2D eigenvalue weighted by Gasteiger charge is 2.36. The van der Waals surface area contributed by atoms with Crippen LogP contribution in [0.1, 0.15) is 55.0 Å². The van der Waals surface area contributed by atoms with E-state index in [1.807, 2.05) is 52.0 Å². The molecule has 2 atom stereocenters. The van der Waals surface area contributed by atoms with E-state index in [2.05, 4.69) is 5.32 Å². The molecule has 2 aromatic rings. The van der Waals surface area contributed by atoms with Crippen LogP contribution in [0.5, 0.6) is 17.2 Å². The molecule has 0 spiro atoms. The summed E-state index contributed by atoms with van der Waals surface area (Å²) < 4.78 is 42.5. The summed E-state index contributed by atoms with van der Waals surface area (Å²) in [5.41, 5.74) is 4.37. The maximum atomic E-state index is 12.9. The summed E-state index contributed by atoms with van der Waals surface area (Å²) in [5, 5.41) is 1.63. The number of rotatable bonds is 12. The average molecular weight is 592 g/mol. The monoisotopic (exact) mass is 591 g/mol. The van der Waals surface area contributed by atoms with Gasteiger partial charge in [-0.05, 0) is 95.2 Å². The zero-order chi connectivity index (χ0) is 29.1. The summed E-state index contributed by atoms with van der Waals surface area (Å²) in [7, 11) is -3.35. The largest absolute Gasteiger partial charge is 0.489 e. The van der Waals surface area contributed by atoms with E-state index in [1.165, 1.54) is 0 Å². The first-order valence-corrected chi connectivity index (χ1v) is 16.1. The molecular weight excluding hydrogens is 553 g/mol. The number of nitrogens with one attached hydrogen (secondary N) is 1. The Morgan fingerprint density at radius 2 is 1.70 bits per heavy atom. The zero-order valence-electron chi connectivity index (χ0n) is 24.0. The minimum absolute atomic E-state index is 0.148. The zero-order valence-corrected chi connectivity index (χ0v) is 25.7. The average Bonchev–Trinajstić information content (AvgIpc) is 3.23. The van der Waals surface area contributed by atoms with Crippen LogP contribution >= 0.6 is 19.4 Å². The van der Waals surface area contributed by atoms with Crippen molar-refractivity contribution >= 4 is 30.5 Å². The Hall–Kier alpha value is -2.52. The quantitative estimate of drug-likeness (QED) is 0.286. The van der Waals surface area contributed by atoms with Gasteiger partial charge < -0.3 is 23.3 Å². The molecule has 40 heavy (non-hydrogen) atoms. The van der Waals surface area contributed by atoms with Crippen LogP contribution in [0.3, 0.4) is 0 Å². The van der Waals surface area contributed by atoms with Gasteiger partial charge in [0.15, 0.2) is 6.35 Å². The molecule has 1 fully saturated rings. The molecule has 1 saturated heterocycles. The Morgan fingerprint density at radius 3 is 2.30 bits per heavy atom. The lowest BCUT2D eigenvalue weighted by molar-refractivity contribution is -0.118. The number of thioether (sulfide) groups is 1. The number of ether oxygens (including phenoxy) is 3. The molecule has 2 aliphatic heterocycles. The summed E-state index contributed by atoms with van der Waals surface area (Å²) in [4.78, 5) is 23.3. The van der Waals surface area contributed by atoms with Gasteiger partial charge in [-0.15, -0.1) is 0 Å². The van der Waals surface area contributed by atoms with Crippen molar-refractivity contribution in [1.82, 2.24) is 5.32 Å². The number of carbonyl (C=O) groups excluding carboxylic acids is 2. The van der Waals surface area contributed by atoms with Crippen molar-refractivity contribution in [2.75, 3.05) is 26.2 Å². The van der Waals surface area contributed by atoms with Crippen LogP contribution in [-0.4, -0.2) is 48.2 Å².